The average molecular weight is 419 g/mol. The van der Waals surface area contributed by atoms with Gasteiger partial charge in [0.25, 0.3) is 0 Å². The number of ether oxygens (including phenoxy) is 3. The summed E-state index contributed by atoms with van der Waals surface area (Å²) in [6.45, 7) is -2.46. The molecule has 0 aromatic heterocycles. The molecule has 1 amide bonds. The number of Topliss-reactive ketones (excluding diaryl/α,β-unsaturated/α-hetero) is 1. The Kier molecular flexibility index (Phi) is 8.04. The van der Waals surface area contributed by atoms with Crippen molar-refractivity contribution in [2.45, 2.75) is 13.5 Å². The number of rotatable bonds is 9. The molecule has 0 saturated heterocycles. The largest absolute Gasteiger partial charge is 0.493 e. The first-order valence-corrected chi connectivity index (χ1v) is 8.67. The lowest BCUT2D eigenvalue weighted by atomic mass is 10.1. The van der Waals surface area contributed by atoms with E-state index in [2.05, 4.69) is 10.1 Å². The van der Waals surface area contributed by atoms with Crippen LogP contribution in [0.15, 0.2) is 54.2 Å². The van der Waals surface area contributed by atoms with Gasteiger partial charge in [0.1, 0.15) is 5.70 Å². The van der Waals surface area contributed by atoms with Crippen molar-refractivity contribution in [1.82, 2.24) is 5.32 Å². The zero-order valence-electron chi connectivity index (χ0n) is 16.2. The van der Waals surface area contributed by atoms with E-state index >= 15 is 0 Å². The molecule has 1 N–H and O–H groups in total. The fraction of sp³-hybridized carbons (Fsp3) is 0.190. The third-order valence-corrected chi connectivity index (χ3v) is 3.68. The molecule has 30 heavy (non-hydrogen) atoms. The van der Waals surface area contributed by atoms with Gasteiger partial charge < -0.3 is 19.5 Å². The van der Waals surface area contributed by atoms with Gasteiger partial charge in [-0.3, -0.25) is 9.59 Å². The zero-order chi connectivity index (χ0) is 22.1. The average Bonchev–Trinajstić information content (AvgIpc) is 2.71. The van der Waals surface area contributed by atoms with Crippen molar-refractivity contribution in [3.8, 4) is 11.5 Å². The fourth-order valence-electron chi connectivity index (χ4n) is 2.38. The highest BCUT2D eigenvalue weighted by molar-refractivity contribution is 6.01. The van der Waals surface area contributed by atoms with Crippen LogP contribution in [0.3, 0.4) is 0 Å². The summed E-state index contributed by atoms with van der Waals surface area (Å²) in [6.07, 6.45) is 1.41. The highest BCUT2D eigenvalue weighted by Gasteiger charge is 2.18. The normalized spacial score (nSPS) is 11.0. The second-order valence-corrected chi connectivity index (χ2v) is 5.89. The zero-order valence-corrected chi connectivity index (χ0v) is 16.2. The molecule has 7 nitrogen and oxygen atoms in total. The molecular weight excluding hydrogens is 400 g/mol. The number of carbonyl (C=O) groups is 3. The summed E-state index contributed by atoms with van der Waals surface area (Å²) >= 11 is 0. The molecule has 2 aromatic rings. The van der Waals surface area contributed by atoms with Gasteiger partial charge in [-0.2, -0.15) is 8.78 Å². The van der Waals surface area contributed by atoms with Crippen LogP contribution in [0.1, 0.15) is 22.8 Å². The van der Waals surface area contributed by atoms with E-state index < -0.39 is 30.9 Å². The number of ketones is 1. The van der Waals surface area contributed by atoms with Gasteiger partial charge in [0.05, 0.1) is 7.11 Å². The van der Waals surface area contributed by atoms with Crippen LogP contribution in [0.25, 0.3) is 6.08 Å². The number of nitrogens with one attached hydrogen (secondary N) is 1. The number of alkyl halides is 2. The topological polar surface area (TPSA) is 90.9 Å². The summed E-state index contributed by atoms with van der Waals surface area (Å²) in [5.41, 5.74) is 0.568. The van der Waals surface area contributed by atoms with Gasteiger partial charge in [-0.15, -0.1) is 0 Å². The lowest BCUT2D eigenvalue weighted by Crippen LogP contribution is -2.27. The first-order chi connectivity index (χ1) is 14.3. The molecule has 0 bridgehead atoms. The van der Waals surface area contributed by atoms with E-state index in [1.165, 1.54) is 32.2 Å². The minimum absolute atomic E-state index is 0.0642. The Labute approximate surface area is 171 Å². The van der Waals surface area contributed by atoms with Crippen molar-refractivity contribution in [1.29, 1.82) is 0 Å². The van der Waals surface area contributed by atoms with E-state index in [9.17, 15) is 23.2 Å². The van der Waals surface area contributed by atoms with Crippen LogP contribution in [0.2, 0.25) is 0 Å². The van der Waals surface area contributed by atoms with E-state index in [4.69, 9.17) is 9.47 Å². The van der Waals surface area contributed by atoms with Crippen molar-refractivity contribution in [2.75, 3.05) is 13.7 Å². The van der Waals surface area contributed by atoms with Crippen molar-refractivity contribution in [3.63, 3.8) is 0 Å². The molecule has 0 radical (unpaired) electrons. The third kappa shape index (κ3) is 6.69. The number of carbonyl (C=O) groups excluding carboxylic acids is 3. The molecule has 0 atom stereocenters. The molecule has 0 heterocycles. The summed E-state index contributed by atoms with van der Waals surface area (Å²) < 4.78 is 39.0. The fourth-order valence-corrected chi connectivity index (χ4v) is 2.38. The lowest BCUT2D eigenvalue weighted by Gasteiger charge is -2.12. The number of halogens is 2. The summed E-state index contributed by atoms with van der Waals surface area (Å²) in [6, 6.07) is 12.3. The lowest BCUT2D eigenvalue weighted by molar-refractivity contribution is -0.139. The molecule has 0 fully saturated rings. The molecule has 158 valence electrons. The van der Waals surface area contributed by atoms with Crippen molar-refractivity contribution < 1.29 is 37.4 Å². The molecule has 0 unspecified atom stereocenters. The predicted molar refractivity (Wildman–Crippen MR) is 103 cm³/mol. The van der Waals surface area contributed by atoms with E-state index in [0.29, 0.717) is 5.56 Å². The monoisotopic (exact) mass is 419 g/mol. The number of benzene rings is 2. The van der Waals surface area contributed by atoms with E-state index in [1.54, 1.807) is 30.3 Å². The van der Waals surface area contributed by atoms with Crippen molar-refractivity contribution >= 4 is 23.7 Å². The third-order valence-electron chi connectivity index (χ3n) is 3.68. The summed E-state index contributed by atoms with van der Waals surface area (Å²) in [5.74, 6) is -2.31. The number of methoxy groups -OCH3 is 1. The van der Waals surface area contributed by atoms with Gasteiger partial charge in [0.15, 0.2) is 23.9 Å². The Bertz CT molecular complexity index is 944. The molecule has 0 saturated carbocycles. The van der Waals surface area contributed by atoms with Gasteiger partial charge in [-0.25, -0.2) is 4.79 Å². The van der Waals surface area contributed by atoms with E-state index in [1.807, 2.05) is 0 Å². The molecule has 0 aliphatic heterocycles. The number of esters is 1. The highest BCUT2D eigenvalue weighted by Crippen LogP contribution is 2.29. The van der Waals surface area contributed by atoms with Crippen LogP contribution in [0, 0.1) is 0 Å². The molecule has 2 aromatic carbocycles. The number of hydrogen-bond acceptors (Lipinski definition) is 6. The molecule has 0 aliphatic rings. The van der Waals surface area contributed by atoms with Crippen LogP contribution in [0.5, 0.6) is 11.5 Å². The molecule has 9 heteroatoms. The van der Waals surface area contributed by atoms with Gasteiger partial charge in [-0.05, 0) is 29.8 Å². The Morgan fingerprint density at radius 2 is 1.77 bits per heavy atom. The maximum Gasteiger partial charge on any atom is 0.387 e. The molecule has 0 aliphatic carbocycles. The maximum atomic E-state index is 12.4. The van der Waals surface area contributed by atoms with Gasteiger partial charge in [0.2, 0.25) is 5.91 Å². The Hall–Kier alpha value is -3.75. The summed E-state index contributed by atoms with van der Waals surface area (Å²) in [5, 5.41) is 2.36. The smallest absolute Gasteiger partial charge is 0.387 e. The Balaban J connectivity index is 2.10. The molecular formula is C21H19F2NO6. The van der Waals surface area contributed by atoms with Crippen LogP contribution in [-0.4, -0.2) is 38.0 Å². The number of hydrogen-bond donors (Lipinski definition) is 1. The van der Waals surface area contributed by atoms with Gasteiger partial charge >= 0.3 is 12.6 Å². The molecule has 0 spiro atoms. The maximum absolute atomic E-state index is 12.4. The van der Waals surface area contributed by atoms with E-state index in [-0.39, 0.29) is 22.8 Å². The second-order valence-electron chi connectivity index (χ2n) is 5.89. The quantitative estimate of drug-likeness (QED) is 0.381. The Morgan fingerprint density at radius 3 is 2.37 bits per heavy atom. The van der Waals surface area contributed by atoms with Crippen molar-refractivity contribution in [2.24, 2.45) is 0 Å². The highest BCUT2D eigenvalue weighted by atomic mass is 19.3. The number of amides is 1. The van der Waals surface area contributed by atoms with Crippen LogP contribution in [0.4, 0.5) is 8.78 Å². The SMILES string of the molecule is COc1cc(C(=O)COC(=O)C(=Cc2ccccc2)NC(C)=O)ccc1OC(F)F. The second kappa shape index (κ2) is 10.7. The van der Waals surface area contributed by atoms with Crippen LogP contribution < -0.4 is 14.8 Å². The van der Waals surface area contributed by atoms with Gasteiger partial charge in [-0.1, -0.05) is 30.3 Å². The van der Waals surface area contributed by atoms with Crippen LogP contribution >= 0.6 is 0 Å². The Morgan fingerprint density at radius 1 is 1.07 bits per heavy atom. The van der Waals surface area contributed by atoms with Gasteiger partial charge in [0, 0.05) is 12.5 Å². The van der Waals surface area contributed by atoms with Crippen molar-refractivity contribution in [3.05, 3.63) is 65.4 Å². The standard InChI is InChI=1S/C21H19F2NO6/c1-13(25)24-16(10-14-6-4-3-5-7-14)20(27)29-12-17(26)15-8-9-18(30-21(22)23)19(11-15)28-2/h3-11,21H,12H2,1-2H3,(H,24,25). The molecule has 2 rings (SSSR count). The first kappa shape index (κ1) is 22.5. The van der Waals surface area contributed by atoms with Crippen LogP contribution in [-0.2, 0) is 14.3 Å². The summed E-state index contributed by atoms with van der Waals surface area (Å²) in [7, 11) is 1.23. The first-order valence-electron chi connectivity index (χ1n) is 8.67. The minimum Gasteiger partial charge on any atom is -0.493 e. The minimum atomic E-state index is -3.05. The predicted octanol–water partition coefficient (Wildman–Crippen LogP) is 3.20. The van der Waals surface area contributed by atoms with E-state index in [0.717, 1.165) is 6.07 Å². The summed E-state index contributed by atoms with van der Waals surface area (Å²) in [4.78, 5) is 36.0.